The molecule has 1 aromatic heterocycles. The Bertz CT molecular complexity index is 1230. The number of benzene rings is 2. The third-order valence-electron chi connectivity index (χ3n) is 5.81. The highest BCUT2D eigenvalue weighted by Crippen LogP contribution is 2.42. The lowest BCUT2D eigenvalue weighted by molar-refractivity contribution is -0.130. The molecule has 1 aliphatic rings. The van der Waals surface area contributed by atoms with E-state index in [1.54, 1.807) is 26.6 Å². The number of rotatable bonds is 7. The van der Waals surface area contributed by atoms with Gasteiger partial charge in [0.05, 0.1) is 12.1 Å². The van der Waals surface area contributed by atoms with Crippen molar-refractivity contribution in [2.45, 2.75) is 25.5 Å². The Morgan fingerprint density at radius 1 is 1.12 bits per heavy atom. The van der Waals surface area contributed by atoms with E-state index in [0.29, 0.717) is 29.4 Å². The van der Waals surface area contributed by atoms with Crippen molar-refractivity contribution in [1.82, 2.24) is 9.88 Å². The van der Waals surface area contributed by atoms with E-state index in [1.807, 2.05) is 55.5 Å². The number of aliphatic imine (C=N–C) groups is 1. The molecule has 0 aliphatic carbocycles. The minimum Gasteiger partial charge on any atom is -0.497 e. The number of aromatic nitrogens is 1. The zero-order valence-corrected chi connectivity index (χ0v) is 19.5. The number of pyridine rings is 1. The van der Waals surface area contributed by atoms with E-state index in [1.165, 1.54) is 4.90 Å². The minimum absolute atomic E-state index is 0.176. The van der Waals surface area contributed by atoms with Crippen LogP contribution in [0.2, 0.25) is 5.02 Å². The predicted octanol–water partition coefficient (Wildman–Crippen LogP) is 4.38. The van der Waals surface area contributed by atoms with Gasteiger partial charge >= 0.3 is 0 Å². The van der Waals surface area contributed by atoms with Crippen molar-refractivity contribution in [3.63, 3.8) is 0 Å². The van der Waals surface area contributed by atoms with Crippen molar-refractivity contribution in [2.75, 3.05) is 14.2 Å². The molecule has 2 N–H and O–H groups in total. The molecule has 3 aromatic rings. The summed E-state index contributed by atoms with van der Waals surface area (Å²) in [6.07, 6.45) is 3.72. The van der Waals surface area contributed by atoms with Crippen LogP contribution < -0.4 is 15.2 Å². The van der Waals surface area contributed by atoms with Gasteiger partial charge in [0.25, 0.3) is 5.91 Å². The van der Waals surface area contributed by atoms with Gasteiger partial charge in [-0.25, -0.2) is 4.99 Å². The number of likely N-dealkylation sites (N-methyl/N-ethyl adjacent to an activating group) is 1. The average molecular weight is 465 g/mol. The van der Waals surface area contributed by atoms with Gasteiger partial charge in [0.2, 0.25) is 0 Å². The summed E-state index contributed by atoms with van der Waals surface area (Å²) in [6, 6.07) is 15.1. The lowest BCUT2D eigenvalue weighted by atomic mass is 9.85. The van der Waals surface area contributed by atoms with Gasteiger partial charge in [-0.2, -0.15) is 0 Å². The monoisotopic (exact) mass is 464 g/mol. The number of hydrogen-bond acceptors (Lipinski definition) is 6. The molecular formula is C25H25ClN4O3. The molecule has 2 heterocycles. The van der Waals surface area contributed by atoms with Crippen LogP contribution in [0.3, 0.4) is 0 Å². The van der Waals surface area contributed by atoms with Crippen LogP contribution in [0.1, 0.15) is 24.5 Å². The van der Waals surface area contributed by atoms with Crippen molar-refractivity contribution in [3.05, 3.63) is 77.1 Å². The number of amides is 1. The Kier molecular flexibility index (Phi) is 6.24. The summed E-state index contributed by atoms with van der Waals surface area (Å²) < 4.78 is 11.5. The summed E-state index contributed by atoms with van der Waals surface area (Å²) in [6.45, 7) is 2.21. The maximum Gasteiger partial charge on any atom is 0.261 e. The van der Waals surface area contributed by atoms with Crippen LogP contribution in [0.5, 0.6) is 11.5 Å². The number of hydrogen-bond donors (Lipinski definition) is 1. The van der Waals surface area contributed by atoms with Crippen LogP contribution >= 0.6 is 11.6 Å². The third-order valence-corrected chi connectivity index (χ3v) is 6.02. The van der Waals surface area contributed by atoms with Crippen molar-refractivity contribution < 1.29 is 14.3 Å². The first-order valence-electron chi connectivity index (χ1n) is 10.5. The second-order valence-electron chi connectivity index (χ2n) is 7.79. The fraction of sp³-hybridized carbons (Fsp3) is 0.240. The molecule has 1 atom stereocenters. The smallest absolute Gasteiger partial charge is 0.261 e. The highest BCUT2D eigenvalue weighted by Gasteiger charge is 2.48. The second kappa shape index (κ2) is 9.11. The number of guanidine groups is 1. The molecule has 4 rings (SSSR count). The van der Waals surface area contributed by atoms with Crippen molar-refractivity contribution in [3.8, 4) is 22.6 Å². The summed E-state index contributed by atoms with van der Waals surface area (Å²) >= 11 is 6.15. The second-order valence-corrected chi connectivity index (χ2v) is 8.23. The quantitative estimate of drug-likeness (QED) is 0.560. The first-order valence-corrected chi connectivity index (χ1v) is 10.9. The van der Waals surface area contributed by atoms with Crippen LogP contribution in [-0.2, 0) is 16.9 Å². The normalized spacial score (nSPS) is 17.8. The summed E-state index contributed by atoms with van der Waals surface area (Å²) in [5.74, 6) is 1.28. The Morgan fingerprint density at radius 2 is 1.94 bits per heavy atom. The Labute approximate surface area is 197 Å². The van der Waals surface area contributed by atoms with Crippen LogP contribution in [0, 0.1) is 0 Å². The molecule has 33 heavy (non-hydrogen) atoms. The Balaban J connectivity index is 1.80. The van der Waals surface area contributed by atoms with E-state index in [-0.39, 0.29) is 11.9 Å². The van der Waals surface area contributed by atoms with Gasteiger partial charge in [-0.05, 0) is 47.9 Å². The van der Waals surface area contributed by atoms with Crippen LogP contribution in [-0.4, -0.2) is 35.9 Å². The minimum atomic E-state index is -1.18. The van der Waals surface area contributed by atoms with Gasteiger partial charge in [-0.15, -0.1) is 0 Å². The molecule has 1 amide bonds. The van der Waals surface area contributed by atoms with Crippen LogP contribution in [0.25, 0.3) is 11.1 Å². The molecule has 0 spiro atoms. The van der Waals surface area contributed by atoms with Crippen molar-refractivity contribution in [1.29, 1.82) is 0 Å². The molecule has 7 nitrogen and oxygen atoms in total. The van der Waals surface area contributed by atoms with Crippen molar-refractivity contribution in [2.24, 2.45) is 10.7 Å². The maximum absolute atomic E-state index is 13.3. The topological polar surface area (TPSA) is 90.0 Å². The number of nitrogens with zero attached hydrogens (tertiary/aromatic N) is 3. The SMILES string of the molecule is CCC1(c2cc(-c3cncc(Cl)c3)ccc2OCc2cccc(OC)c2)N=C(N)N(C)C1=O. The van der Waals surface area contributed by atoms with E-state index in [9.17, 15) is 4.79 Å². The zero-order valence-electron chi connectivity index (χ0n) is 18.7. The summed E-state index contributed by atoms with van der Waals surface area (Å²) in [4.78, 5) is 23.5. The number of methoxy groups -OCH3 is 1. The lowest BCUT2D eigenvalue weighted by Gasteiger charge is -2.27. The molecule has 170 valence electrons. The maximum atomic E-state index is 13.3. The molecule has 1 unspecified atom stereocenters. The molecule has 0 fully saturated rings. The predicted molar refractivity (Wildman–Crippen MR) is 128 cm³/mol. The fourth-order valence-electron chi connectivity index (χ4n) is 3.95. The fourth-order valence-corrected chi connectivity index (χ4v) is 4.12. The van der Waals surface area contributed by atoms with Gasteiger partial charge < -0.3 is 15.2 Å². The van der Waals surface area contributed by atoms with Crippen molar-refractivity contribution >= 4 is 23.5 Å². The number of ether oxygens (including phenoxy) is 2. The van der Waals surface area contributed by atoms with Crippen LogP contribution in [0.15, 0.2) is 65.9 Å². The van der Waals surface area contributed by atoms with E-state index >= 15 is 0 Å². The largest absolute Gasteiger partial charge is 0.497 e. The van der Waals surface area contributed by atoms with Gasteiger partial charge in [0, 0.05) is 30.6 Å². The third kappa shape index (κ3) is 4.24. The first kappa shape index (κ1) is 22.6. The molecule has 0 bridgehead atoms. The highest BCUT2D eigenvalue weighted by molar-refractivity contribution is 6.30. The molecule has 1 aliphatic heterocycles. The Hall–Kier alpha value is -3.58. The van der Waals surface area contributed by atoms with Gasteiger partial charge in [-0.1, -0.05) is 36.7 Å². The number of carbonyl (C=O) groups is 1. The lowest BCUT2D eigenvalue weighted by Crippen LogP contribution is -2.40. The van der Waals surface area contributed by atoms with E-state index in [4.69, 9.17) is 26.8 Å². The average Bonchev–Trinajstić information content (AvgIpc) is 3.07. The number of carbonyl (C=O) groups excluding carboxylic acids is 1. The van der Waals surface area contributed by atoms with Gasteiger partial charge in [0.15, 0.2) is 11.5 Å². The number of halogens is 1. The molecule has 0 saturated carbocycles. The molecule has 0 saturated heterocycles. The molecule has 2 aromatic carbocycles. The molecule has 8 heteroatoms. The van der Waals surface area contributed by atoms with Gasteiger partial charge in [0.1, 0.15) is 18.1 Å². The van der Waals surface area contributed by atoms with E-state index in [0.717, 1.165) is 22.4 Å². The first-order chi connectivity index (χ1) is 15.9. The number of nitrogens with two attached hydrogens (primary N) is 1. The molecule has 0 radical (unpaired) electrons. The van der Waals surface area contributed by atoms with E-state index < -0.39 is 5.54 Å². The summed E-state index contributed by atoms with van der Waals surface area (Å²) in [7, 11) is 3.25. The van der Waals surface area contributed by atoms with E-state index in [2.05, 4.69) is 9.98 Å². The zero-order chi connectivity index (χ0) is 23.6. The highest BCUT2D eigenvalue weighted by atomic mass is 35.5. The molecular weight excluding hydrogens is 440 g/mol. The Morgan fingerprint density at radius 3 is 2.61 bits per heavy atom. The summed E-state index contributed by atoms with van der Waals surface area (Å²) in [5, 5.41) is 0.525. The van der Waals surface area contributed by atoms with Gasteiger partial charge in [-0.3, -0.25) is 14.7 Å². The standard InChI is InChI=1S/C25H25ClN4O3/c1-4-25(23(31)30(2)24(27)29-25)21-12-17(18-11-19(26)14-28-13-18)8-9-22(21)33-15-16-6-5-7-20(10-16)32-3/h5-14H,4,15H2,1-3H3,(H2,27,29). The summed E-state index contributed by atoms with van der Waals surface area (Å²) in [5.41, 5.74) is 8.12. The van der Waals surface area contributed by atoms with Crippen LogP contribution in [0.4, 0.5) is 0 Å².